The van der Waals surface area contributed by atoms with Gasteiger partial charge in [-0.2, -0.15) is 5.10 Å². The molecule has 0 radical (unpaired) electrons. The van der Waals surface area contributed by atoms with E-state index >= 15 is 0 Å². The van der Waals surface area contributed by atoms with Crippen LogP contribution in [0.4, 0.5) is 5.69 Å². The number of aromatic amines is 1. The molecule has 142 valence electrons. The summed E-state index contributed by atoms with van der Waals surface area (Å²) in [7, 11) is 0. The SMILES string of the molecule is CC(NC(=O)C1CCCC1)C(=O)Nc1ccc(-c2n[nH]c(C3CC3)n2)cc1. The molecule has 2 fully saturated rings. The first kappa shape index (κ1) is 17.7. The Hall–Kier alpha value is -2.70. The summed E-state index contributed by atoms with van der Waals surface area (Å²) in [6, 6.07) is 6.86. The summed E-state index contributed by atoms with van der Waals surface area (Å²) in [5.41, 5.74) is 1.59. The minimum absolute atomic E-state index is 0.0124. The monoisotopic (exact) mass is 367 g/mol. The van der Waals surface area contributed by atoms with Gasteiger partial charge in [0.2, 0.25) is 11.8 Å². The number of hydrogen-bond acceptors (Lipinski definition) is 4. The molecule has 1 unspecified atom stereocenters. The zero-order valence-corrected chi connectivity index (χ0v) is 15.5. The fourth-order valence-electron chi connectivity index (χ4n) is 3.48. The highest BCUT2D eigenvalue weighted by molar-refractivity contribution is 5.97. The van der Waals surface area contributed by atoms with E-state index in [-0.39, 0.29) is 17.7 Å². The van der Waals surface area contributed by atoms with E-state index in [0.29, 0.717) is 17.4 Å². The Morgan fingerprint density at radius 3 is 2.48 bits per heavy atom. The van der Waals surface area contributed by atoms with Crippen LogP contribution in [0.1, 0.15) is 57.2 Å². The topological polar surface area (TPSA) is 99.8 Å². The second-order valence-electron chi connectivity index (χ2n) is 7.60. The van der Waals surface area contributed by atoms with Crippen molar-refractivity contribution in [2.24, 2.45) is 5.92 Å². The van der Waals surface area contributed by atoms with Gasteiger partial charge in [0.15, 0.2) is 5.82 Å². The van der Waals surface area contributed by atoms with E-state index in [1.165, 1.54) is 12.8 Å². The average Bonchev–Trinajstić information content (AvgIpc) is 3.17. The van der Waals surface area contributed by atoms with Crippen LogP contribution in [0.25, 0.3) is 11.4 Å². The minimum atomic E-state index is -0.563. The molecule has 7 heteroatoms. The molecule has 2 aliphatic rings. The third-order valence-corrected chi connectivity index (χ3v) is 5.36. The number of hydrogen-bond donors (Lipinski definition) is 3. The summed E-state index contributed by atoms with van der Waals surface area (Å²) >= 11 is 0. The van der Waals surface area contributed by atoms with Crippen LogP contribution in [-0.2, 0) is 9.59 Å². The summed E-state index contributed by atoms with van der Waals surface area (Å²) in [5.74, 6) is 1.98. The van der Waals surface area contributed by atoms with Crippen LogP contribution in [-0.4, -0.2) is 33.0 Å². The highest BCUT2D eigenvalue weighted by Gasteiger charge is 2.27. The van der Waals surface area contributed by atoms with Gasteiger partial charge in [0.25, 0.3) is 0 Å². The van der Waals surface area contributed by atoms with Gasteiger partial charge in [0.05, 0.1) is 0 Å². The van der Waals surface area contributed by atoms with Gasteiger partial charge >= 0.3 is 0 Å². The fourth-order valence-corrected chi connectivity index (χ4v) is 3.48. The first-order valence-corrected chi connectivity index (χ1v) is 9.74. The summed E-state index contributed by atoms with van der Waals surface area (Å²) in [6.07, 6.45) is 6.39. The minimum Gasteiger partial charge on any atom is -0.344 e. The molecule has 3 N–H and O–H groups in total. The number of H-pyrrole nitrogens is 1. The highest BCUT2D eigenvalue weighted by Crippen LogP contribution is 2.38. The van der Waals surface area contributed by atoms with Crippen LogP contribution in [0.15, 0.2) is 24.3 Å². The van der Waals surface area contributed by atoms with Gasteiger partial charge in [-0.25, -0.2) is 4.98 Å². The van der Waals surface area contributed by atoms with E-state index in [4.69, 9.17) is 0 Å². The second kappa shape index (κ2) is 7.50. The second-order valence-corrected chi connectivity index (χ2v) is 7.60. The third kappa shape index (κ3) is 4.18. The molecule has 0 spiro atoms. The highest BCUT2D eigenvalue weighted by atomic mass is 16.2. The van der Waals surface area contributed by atoms with Gasteiger partial charge in [-0.05, 0) is 56.9 Å². The van der Waals surface area contributed by atoms with Gasteiger partial charge in [0, 0.05) is 23.1 Å². The van der Waals surface area contributed by atoms with E-state index in [9.17, 15) is 9.59 Å². The van der Waals surface area contributed by atoms with E-state index in [2.05, 4.69) is 25.8 Å². The van der Waals surface area contributed by atoms with Crippen LogP contribution in [0.5, 0.6) is 0 Å². The Morgan fingerprint density at radius 2 is 1.81 bits per heavy atom. The molecule has 2 aliphatic carbocycles. The van der Waals surface area contributed by atoms with Gasteiger partial charge in [0.1, 0.15) is 11.9 Å². The van der Waals surface area contributed by atoms with Crippen molar-refractivity contribution >= 4 is 17.5 Å². The molecule has 27 heavy (non-hydrogen) atoms. The molecule has 0 bridgehead atoms. The van der Waals surface area contributed by atoms with Crippen molar-refractivity contribution in [3.63, 3.8) is 0 Å². The van der Waals surface area contributed by atoms with Crippen LogP contribution in [0, 0.1) is 5.92 Å². The Labute approximate surface area is 158 Å². The predicted octanol–water partition coefficient (Wildman–Crippen LogP) is 2.98. The number of aromatic nitrogens is 3. The number of carbonyl (C=O) groups excluding carboxylic acids is 2. The molecule has 7 nitrogen and oxygen atoms in total. The largest absolute Gasteiger partial charge is 0.344 e. The lowest BCUT2D eigenvalue weighted by Gasteiger charge is -2.17. The Morgan fingerprint density at radius 1 is 1.11 bits per heavy atom. The zero-order chi connectivity index (χ0) is 18.8. The fraction of sp³-hybridized carbons (Fsp3) is 0.500. The maximum Gasteiger partial charge on any atom is 0.246 e. The van der Waals surface area contributed by atoms with Gasteiger partial charge < -0.3 is 10.6 Å². The lowest BCUT2D eigenvalue weighted by molar-refractivity contribution is -0.128. The zero-order valence-electron chi connectivity index (χ0n) is 15.5. The lowest BCUT2D eigenvalue weighted by atomic mass is 10.1. The summed E-state index contributed by atoms with van der Waals surface area (Å²) in [5, 5.41) is 12.9. The van der Waals surface area contributed by atoms with E-state index in [1.54, 1.807) is 6.92 Å². The number of nitrogens with one attached hydrogen (secondary N) is 3. The molecule has 0 saturated heterocycles. The third-order valence-electron chi connectivity index (χ3n) is 5.36. The molecule has 0 aliphatic heterocycles. The summed E-state index contributed by atoms with van der Waals surface area (Å²) in [6.45, 7) is 1.71. The predicted molar refractivity (Wildman–Crippen MR) is 102 cm³/mol. The van der Waals surface area contributed by atoms with E-state index in [1.807, 2.05) is 24.3 Å². The molecule has 1 atom stereocenters. The normalized spacial score (nSPS) is 18.3. The Bertz CT molecular complexity index is 819. The molecular formula is C20H25N5O2. The van der Waals surface area contributed by atoms with Gasteiger partial charge in [-0.15, -0.1) is 0 Å². The Kier molecular flexibility index (Phi) is 4.92. The van der Waals surface area contributed by atoms with Crippen molar-refractivity contribution in [1.82, 2.24) is 20.5 Å². The van der Waals surface area contributed by atoms with Crippen molar-refractivity contribution in [2.45, 2.75) is 57.4 Å². The molecular weight excluding hydrogens is 342 g/mol. The quantitative estimate of drug-likeness (QED) is 0.731. The number of rotatable bonds is 6. The van der Waals surface area contributed by atoms with Crippen LogP contribution in [0.3, 0.4) is 0 Å². The standard InChI is InChI=1S/C20H25N5O2/c1-12(21-20(27)15-4-2-3-5-15)19(26)22-16-10-8-14(9-11-16)18-23-17(24-25-18)13-6-7-13/h8-13,15H,2-7H2,1H3,(H,21,27)(H,22,26)(H,23,24,25). The number of carbonyl (C=O) groups is 2. The summed E-state index contributed by atoms with van der Waals surface area (Å²) < 4.78 is 0. The van der Waals surface area contributed by atoms with E-state index < -0.39 is 6.04 Å². The number of amides is 2. The summed E-state index contributed by atoms with van der Waals surface area (Å²) in [4.78, 5) is 29.0. The lowest BCUT2D eigenvalue weighted by Crippen LogP contribution is -2.43. The molecule has 4 rings (SSSR count). The number of anilines is 1. The van der Waals surface area contributed by atoms with Crippen LogP contribution < -0.4 is 10.6 Å². The van der Waals surface area contributed by atoms with Crippen LogP contribution >= 0.6 is 0 Å². The number of nitrogens with zero attached hydrogens (tertiary/aromatic N) is 2. The molecule has 2 saturated carbocycles. The van der Waals surface area contributed by atoms with Crippen LogP contribution in [0.2, 0.25) is 0 Å². The van der Waals surface area contributed by atoms with Crippen molar-refractivity contribution in [3.8, 4) is 11.4 Å². The molecule has 2 amide bonds. The first-order chi connectivity index (χ1) is 13.1. The van der Waals surface area contributed by atoms with E-state index in [0.717, 1.165) is 37.1 Å². The molecule has 1 aromatic carbocycles. The number of benzene rings is 1. The smallest absolute Gasteiger partial charge is 0.246 e. The molecule has 1 aromatic heterocycles. The first-order valence-electron chi connectivity index (χ1n) is 9.74. The molecule has 1 heterocycles. The van der Waals surface area contributed by atoms with Crippen molar-refractivity contribution < 1.29 is 9.59 Å². The maximum absolute atomic E-state index is 12.3. The van der Waals surface area contributed by atoms with Crippen molar-refractivity contribution in [2.75, 3.05) is 5.32 Å². The average molecular weight is 367 g/mol. The van der Waals surface area contributed by atoms with Crippen molar-refractivity contribution in [1.29, 1.82) is 0 Å². The Balaban J connectivity index is 1.32. The van der Waals surface area contributed by atoms with Gasteiger partial charge in [-0.3, -0.25) is 14.7 Å². The molecule has 2 aromatic rings. The maximum atomic E-state index is 12.3. The van der Waals surface area contributed by atoms with Crippen molar-refractivity contribution in [3.05, 3.63) is 30.1 Å². The van der Waals surface area contributed by atoms with Gasteiger partial charge in [-0.1, -0.05) is 12.8 Å².